The molecule has 0 aromatic rings. The lowest BCUT2D eigenvalue weighted by atomic mass is 10.2. The van der Waals surface area contributed by atoms with Gasteiger partial charge in [-0.1, -0.05) is 0 Å². The summed E-state index contributed by atoms with van der Waals surface area (Å²) in [7, 11) is 0. The average molecular weight is 312 g/mol. The quantitative estimate of drug-likeness (QED) is 0.832. The van der Waals surface area contributed by atoms with Crippen LogP contribution in [-0.4, -0.2) is 51.9 Å². The summed E-state index contributed by atoms with van der Waals surface area (Å²) < 4.78 is 36.1. The fourth-order valence-corrected chi connectivity index (χ4v) is 3.75. The van der Waals surface area contributed by atoms with Crippen LogP contribution in [0.4, 0.5) is 18.0 Å². The van der Waals surface area contributed by atoms with Crippen molar-refractivity contribution in [3.8, 4) is 0 Å². The summed E-state index contributed by atoms with van der Waals surface area (Å²) in [4.78, 5) is 24.3. The van der Waals surface area contributed by atoms with E-state index in [-0.39, 0.29) is 17.0 Å². The van der Waals surface area contributed by atoms with E-state index in [0.29, 0.717) is 0 Å². The van der Waals surface area contributed by atoms with Gasteiger partial charge >= 0.3 is 18.2 Å². The lowest BCUT2D eigenvalue weighted by molar-refractivity contribution is -0.141. The van der Waals surface area contributed by atoms with Crippen LogP contribution in [0.2, 0.25) is 0 Å². The summed E-state index contributed by atoms with van der Waals surface area (Å²) in [5.74, 6) is -0.576. The molecule has 1 heterocycles. The molecule has 2 fully saturated rings. The molecule has 1 aliphatic heterocycles. The molecule has 2 unspecified atom stereocenters. The second-order valence-electron chi connectivity index (χ2n) is 4.92. The van der Waals surface area contributed by atoms with Gasteiger partial charge in [-0.2, -0.15) is 13.2 Å². The number of hydrogen-bond acceptors (Lipinski definition) is 3. The van der Waals surface area contributed by atoms with Crippen LogP contribution in [0.3, 0.4) is 0 Å². The van der Waals surface area contributed by atoms with Crippen LogP contribution >= 0.6 is 11.8 Å². The SMILES string of the molecule is O=C(O)C1CSC(C2CC2)N1C(=O)NCCC(F)(F)F. The minimum atomic E-state index is -4.34. The summed E-state index contributed by atoms with van der Waals surface area (Å²) in [5, 5.41) is 11.0. The van der Waals surface area contributed by atoms with Gasteiger partial charge in [0.15, 0.2) is 0 Å². The predicted octanol–water partition coefficient (Wildman–Crippen LogP) is 1.89. The molecule has 114 valence electrons. The Morgan fingerprint density at radius 3 is 2.50 bits per heavy atom. The van der Waals surface area contributed by atoms with Gasteiger partial charge in [-0.25, -0.2) is 9.59 Å². The Balaban J connectivity index is 1.94. The molecule has 2 amide bonds. The average Bonchev–Trinajstić information content (AvgIpc) is 3.05. The molecule has 1 saturated heterocycles. The molecule has 0 spiro atoms. The number of halogens is 3. The Kier molecular flexibility index (Phi) is 4.36. The van der Waals surface area contributed by atoms with Crippen molar-refractivity contribution >= 4 is 23.8 Å². The monoisotopic (exact) mass is 312 g/mol. The van der Waals surface area contributed by atoms with Crippen molar-refractivity contribution in [2.45, 2.75) is 36.9 Å². The first-order valence-corrected chi connectivity index (χ1v) is 7.32. The summed E-state index contributed by atoms with van der Waals surface area (Å²) in [6.07, 6.45) is -3.60. The highest BCUT2D eigenvalue weighted by Crippen LogP contribution is 2.45. The van der Waals surface area contributed by atoms with E-state index >= 15 is 0 Å². The standard InChI is InChI=1S/C11H15F3N2O3S/c12-11(13,14)3-4-15-10(19)16-7(9(17)18)5-20-8(16)6-1-2-6/h6-8H,1-5H2,(H,15,19)(H,17,18). The zero-order valence-electron chi connectivity index (χ0n) is 10.5. The highest BCUT2D eigenvalue weighted by atomic mass is 32.2. The third-order valence-electron chi connectivity index (χ3n) is 3.26. The number of urea groups is 1. The molecule has 2 rings (SSSR count). The van der Waals surface area contributed by atoms with E-state index in [1.807, 2.05) is 0 Å². The van der Waals surface area contributed by atoms with Crippen molar-refractivity contribution in [1.29, 1.82) is 0 Å². The second-order valence-corrected chi connectivity index (χ2v) is 6.07. The van der Waals surface area contributed by atoms with Crippen LogP contribution < -0.4 is 5.32 Å². The van der Waals surface area contributed by atoms with Crippen molar-refractivity contribution < 1.29 is 27.9 Å². The van der Waals surface area contributed by atoms with Crippen molar-refractivity contribution in [3.63, 3.8) is 0 Å². The first kappa shape index (κ1) is 15.3. The minimum Gasteiger partial charge on any atom is -0.480 e. The number of carbonyl (C=O) groups excluding carboxylic acids is 1. The first-order valence-electron chi connectivity index (χ1n) is 6.27. The van der Waals surface area contributed by atoms with Gasteiger partial charge in [-0.15, -0.1) is 11.8 Å². The molecule has 0 aromatic heterocycles. The Labute approximate surface area is 117 Å². The number of carbonyl (C=O) groups is 2. The highest BCUT2D eigenvalue weighted by Gasteiger charge is 2.48. The fourth-order valence-electron chi connectivity index (χ4n) is 2.12. The van der Waals surface area contributed by atoms with E-state index in [4.69, 9.17) is 5.11 Å². The predicted molar refractivity (Wildman–Crippen MR) is 66.3 cm³/mol. The maximum atomic E-state index is 12.0. The fraction of sp³-hybridized carbons (Fsp3) is 0.818. The number of nitrogens with zero attached hydrogens (tertiary/aromatic N) is 1. The highest BCUT2D eigenvalue weighted by molar-refractivity contribution is 8.00. The number of alkyl halides is 3. The van der Waals surface area contributed by atoms with Crippen molar-refractivity contribution in [2.24, 2.45) is 5.92 Å². The third kappa shape index (κ3) is 3.71. The molecule has 0 aromatic carbocycles. The lowest BCUT2D eigenvalue weighted by Gasteiger charge is -2.27. The van der Waals surface area contributed by atoms with Crippen LogP contribution in [0, 0.1) is 5.92 Å². The Morgan fingerprint density at radius 1 is 1.35 bits per heavy atom. The van der Waals surface area contributed by atoms with Crippen LogP contribution in [-0.2, 0) is 4.79 Å². The molecular formula is C11H15F3N2O3S. The minimum absolute atomic E-state index is 0.234. The van der Waals surface area contributed by atoms with E-state index in [1.54, 1.807) is 0 Å². The zero-order chi connectivity index (χ0) is 14.9. The molecule has 0 radical (unpaired) electrons. The number of aliphatic carboxylic acids is 1. The van der Waals surface area contributed by atoms with E-state index in [0.717, 1.165) is 12.8 Å². The van der Waals surface area contributed by atoms with Gasteiger partial charge in [0, 0.05) is 12.3 Å². The van der Waals surface area contributed by atoms with Crippen LogP contribution in [0.25, 0.3) is 0 Å². The van der Waals surface area contributed by atoms with Crippen LogP contribution in [0.15, 0.2) is 0 Å². The number of thioether (sulfide) groups is 1. The number of carboxylic acid groups (broad SMARTS) is 1. The number of nitrogens with one attached hydrogen (secondary N) is 1. The molecule has 5 nitrogen and oxygen atoms in total. The topological polar surface area (TPSA) is 69.6 Å². The van der Waals surface area contributed by atoms with Crippen molar-refractivity contribution in [2.75, 3.05) is 12.3 Å². The molecule has 2 N–H and O–H groups in total. The number of rotatable bonds is 4. The molecule has 1 saturated carbocycles. The van der Waals surface area contributed by atoms with E-state index < -0.39 is 37.2 Å². The number of hydrogen-bond donors (Lipinski definition) is 2. The molecule has 2 aliphatic rings. The van der Waals surface area contributed by atoms with Crippen LogP contribution in [0.1, 0.15) is 19.3 Å². The summed E-state index contributed by atoms with van der Waals surface area (Å²) in [6, 6.07) is -1.68. The largest absolute Gasteiger partial charge is 0.480 e. The van der Waals surface area contributed by atoms with Gasteiger partial charge in [0.1, 0.15) is 6.04 Å². The van der Waals surface area contributed by atoms with Gasteiger partial charge in [-0.3, -0.25) is 4.90 Å². The van der Waals surface area contributed by atoms with Gasteiger partial charge < -0.3 is 10.4 Å². The van der Waals surface area contributed by atoms with E-state index in [9.17, 15) is 22.8 Å². The molecule has 1 aliphatic carbocycles. The maximum Gasteiger partial charge on any atom is 0.390 e. The molecule has 2 atom stereocenters. The van der Waals surface area contributed by atoms with Crippen molar-refractivity contribution in [1.82, 2.24) is 10.2 Å². The van der Waals surface area contributed by atoms with Gasteiger partial charge in [0.25, 0.3) is 0 Å². The lowest BCUT2D eigenvalue weighted by Crippen LogP contribution is -2.51. The smallest absolute Gasteiger partial charge is 0.390 e. The Hall–Kier alpha value is -1.12. The van der Waals surface area contributed by atoms with Gasteiger partial charge in [0.2, 0.25) is 0 Å². The Morgan fingerprint density at radius 2 is 2.00 bits per heavy atom. The number of carboxylic acids is 1. The van der Waals surface area contributed by atoms with Gasteiger partial charge in [-0.05, 0) is 18.8 Å². The second kappa shape index (κ2) is 5.71. The van der Waals surface area contributed by atoms with Crippen molar-refractivity contribution in [3.05, 3.63) is 0 Å². The summed E-state index contributed by atoms with van der Waals surface area (Å²) in [6.45, 7) is -0.534. The number of amides is 2. The molecule has 0 bridgehead atoms. The molecule has 20 heavy (non-hydrogen) atoms. The first-order chi connectivity index (χ1) is 9.29. The van der Waals surface area contributed by atoms with Gasteiger partial charge in [0.05, 0.1) is 11.8 Å². The van der Waals surface area contributed by atoms with E-state index in [1.165, 1.54) is 16.7 Å². The summed E-state index contributed by atoms with van der Waals surface area (Å²) in [5.41, 5.74) is 0. The summed E-state index contributed by atoms with van der Waals surface area (Å²) >= 11 is 1.39. The normalized spacial score (nSPS) is 26.6. The van der Waals surface area contributed by atoms with Crippen LogP contribution in [0.5, 0.6) is 0 Å². The Bertz CT molecular complexity index is 401. The maximum absolute atomic E-state index is 12.0. The van der Waals surface area contributed by atoms with E-state index in [2.05, 4.69) is 5.32 Å². The zero-order valence-corrected chi connectivity index (χ0v) is 11.3. The third-order valence-corrected chi connectivity index (χ3v) is 4.73. The molecule has 9 heteroatoms. The molecular weight excluding hydrogens is 297 g/mol.